The van der Waals surface area contributed by atoms with Crippen molar-refractivity contribution in [1.82, 2.24) is 15.7 Å². The van der Waals surface area contributed by atoms with Crippen LogP contribution in [-0.4, -0.2) is 160 Å². The standard InChI is InChI=1S/C23H47N7O11/c1-2-28-7-13-12(32)6-10(26)21(38-13)40-19-9(25)5-11(29-23(36)30(37)4-3-24)20(18(19)35)41-22-17(34)15(27)16(33)14(8-31)39-22/h9-22,28,31-35,37H,2-8,24-27H2,1H3,(H,29,36)/t9-,10+,11+,12-,13+,14+,15-,16+,17+,18-,19?,20-,21+,22+/m0/s1. The molecule has 1 aliphatic carbocycles. The summed E-state index contributed by atoms with van der Waals surface area (Å²) in [5, 5.41) is 68.2. The van der Waals surface area contributed by atoms with Crippen molar-refractivity contribution in [3.8, 4) is 0 Å². The number of ether oxygens (including phenoxy) is 4. The van der Waals surface area contributed by atoms with Gasteiger partial charge in [-0.25, -0.2) is 9.86 Å². The van der Waals surface area contributed by atoms with Crippen LogP contribution < -0.4 is 33.6 Å². The minimum Gasteiger partial charge on any atom is -0.394 e. The van der Waals surface area contributed by atoms with Gasteiger partial charge in [0.2, 0.25) is 0 Å². The third-order valence-electron chi connectivity index (χ3n) is 7.62. The Morgan fingerprint density at radius 3 is 2.24 bits per heavy atom. The molecule has 1 saturated carbocycles. The van der Waals surface area contributed by atoms with E-state index in [2.05, 4.69) is 10.6 Å². The highest BCUT2D eigenvalue weighted by Gasteiger charge is 2.51. The van der Waals surface area contributed by atoms with Crippen LogP contribution in [0.1, 0.15) is 19.8 Å². The number of rotatable bonds is 11. The molecule has 18 nitrogen and oxygen atoms in total. The molecule has 2 saturated heterocycles. The van der Waals surface area contributed by atoms with Crippen LogP contribution in [0.2, 0.25) is 0 Å². The number of likely N-dealkylation sites (N-methyl/N-ethyl adjacent to an activating group) is 1. The second-order valence-electron chi connectivity index (χ2n) is 10.7. The van der Waals surface area contributed by atoms with Gasteiger partial charge in [-0.1, -0.05) is 6.92 Å². The molecule has 3 aliphatic rings. The number of urea groups is 1. The summed E-state index contributed by atoms with van der Waals surface area (Å²) >= 11 is 0. The Kier molecular flexibility index (Phi) is 12.8. The van der Waals surface area contributed by atoms with Crippen LogP contribution in [0, 0.1) is 0 Å². The average Bonchev–Trinajstić information content (AvgIpc) is 2.93. The van der Waals surface area contributed by atoms with Gasteiger partial charge in [0.05, 0.1) is 43.5 Å². The zero-order valence-electron chi connectivity index (χ0n) is 23.0. The molecule has 0 radical (unpaired) electrons. The molecular weight excluding hydrogens is 550 g/mol. The van der Waals surface area contributed by atoms with Crippen LogP contribution in [0.25, 0.3) is 0 Å². The van der Waals surface area contributed by atoms with Gasteiger partial charge in [-0.2, -0.15) is 0 Å². The summed E-state index contributed by atoms with van der Waals surface area (Å²) in [6.45, 7) is 2.03. The summed E-state index contributed by atoms with van der Waals surface area (Å²) in [6.07, 6.45) is -12.2. The first-order valence-electron chi connectivity index (χ1n) is 13.8. The lowest BCUT2D eigenvalue weighted by molar-refractivity contribution is -0.315. The highest BCUT2D eigenvalue weighted by Crippen LogP contribution is 2.31. The predicted molar refractivity (Wildman–Crippen MR) is 140 cm³/mol. The third kappa shape index (κ3) is 8.19. The fraction of sp³-hybridized carbons (Fsp3) is 0.957. The molecule has 3 fully saturated rings. The van der Waals surface area contributed by atoms with Crippen LogP contribution in [0.3, 0.4) is 0 Å². The summed E-state index contributed by atoms with van der Waals surface area (Å²) in [5.74, 6) is 0. The molecule has 240 valence electrons. The van der Waals surface area contributed by atoms with Crippen molar-refractivity contribution < 1.29 is 54.5 Å². The number of nitrogens with zero attached hydrogens (tertiary/aromatic N) is 1. The first-order valence-corrected chi connectivity index (χ1v) is 13.8. The fourth-order valence-corrected chi connectivity index (χ4v) is 5.24. The molecule has 18 heteroatoms. The van der Waals surface area contributed by atoms with Crippen molar-refractivity contribution in [3.63, 3.8) is 0 Å². The van der Waals surface area contributed by atoms with Crippen molar-refractivity contribution in [2.24, 2.45) is 22.9 Å². The average molecular weight is 598 g/mol. The van der Waals surface area contributed by atoms with E-state index in [1.165, 1.54) is 0 Å². The number of hydrogen-bond acceptors (Lipinski definition) is 16. The lowest BCUT2D eigenvalue weighted by Gasteiger charge is -2.48. The van der Waals surface area contributed by atoms with Crippen LogP contribution in [0.4, 0.5) is 4.79 Å². The maximum atomic E-state index is 12.6. The summed E-state index contributed by atoms with van der Waals surface area (Å²) in [6, 6.07) is -4.92. The zero-order chi connectivity index (χ0) is 30.4. The molecule has 41 heavy (non-hydrogen) atoms. The van der Waals surface area contributed by atoms with E-state index in [-0.39, 0.29) is 25.9 Å². The predicted octanol–water partition coefficient (Wildman–Crippen LogP) is -6.24. The molecule has 14 atom stereocenters. The van der Waals surface area contributed by atoms with Crippen LogP contribution >= 0.6 is 0 Å². The summed E-state index contributed by atoms with van der Waals surface area (Å²) < 4.78 is 23.4. The first-order chi connectivity index (χ1) is 19.4. The van der Waals surface area contributed by atoms with E-state index in [4.69, 9.17) is 41.9 Å². The Bertz CT molecular complexity index is 820. The highest BCUT2D eigenvalue weighted by molar-refractivity contribution is 5.73. The Balaban J connectivity index is 1.82. The van der Waals surface area contributed by atoms with Gasteiger partial charge >= 0.3 is 6.03 Å². The second kappa shape index (κ2) is 15.4. The number of carbonyl (C=O) groups excluding carboxylic acids is 1. The molecule has 0 aromatic rings. The van der Waals surface area contributed by atoms with Gasteiger partial charge in [-0.15, -0.1) is 0 Å². The molecule has 2 heterocycles. The molecule has 2 amide bonds. The molecule has 0 aromatic carbocycles. The van der Waals surface area contributed by atoms with E-state index in [1.54, 1.807) is 0 Å². The minimum atomic E-state index is -1.58. The number of nitrogens with two attached hydrogens (primary N) is 4. The molecule has 0 aromatic heterocycles. The van der Waals surface area contributed by atoms with E-state index in [9.17, 15) is 35.5 Å². The number of nitrogens with one attached hydrogen (secondary N) is 2. The SMILES string of the molecule is CCNC[C@H]1O[C@H](OC2[C@@H](N)C[C@@H](NC(=O)N(O)CCN)[C@H](O[C@H]3O[C@H](CO)[C@@H](O)[C@H](N)[C@H]3O)[C@H]2O)[C@H](N)C[C@@H]1O. The highest BCUT2D eigenvalue weighted by atomic mass is 16.7. The normalized spacial score (nSPS) is 43.5. The van der Waals surface area contributed by atoms with Crippen LogP contribution in [0.5, 0.6) is 0 Å². The number of hydrogen-bond donors (Lipinski definition) is 12. The van der Waals surface area contributed by atoms with Crippen LogP contribution in [0.15, 0.2) is 0 Å². The van der Waals surface area contributed by atoms with Crippen molar-refractivity contribution in [2.45, 2.75) is 105 Å². The van der Waals surface area contributed by atoms with E-state index >= 15 is 0 Å². The molecule has 2 aliphatic heterocycles. The molecule has 16 N–H and O–H groups in total. The van der Waals surface area contributed by atoms with E-state index in [1.807, 2.05) is 6.92 Å². The van der Waals surface area contributed by atoms with Crippen molar-refractivity contribution in [2.75, 3.05) is 32.8 Å². The minimum absolute atomic E-state index is 0.0252. The molecule has 0 spiro atoms. The number of amides is 2. The van der Waals surface area contributed by atoms with Crippen molar-refractivity contribution in [1.29, 1.82) is 0 Å². The van der Waals surface area contributed by atoms with Gasteiger partial charge in [-0.3, -0.25) is 5.21 Å². The Morgan fingerprint density at radius 1 is 0.951 bits per heavy atom. The quantitative estimate of drug-likeness (QED) is 0.0778. The van der Waals surface area contributed by atoms with Gasteiger partial charge in [0.25, 0.3) is 0 Å². The fourth-order valence-electron chi connectivity index (χ4n) is 5.24. The van der Waals surface area contributed by atoms with E-state index < -0.39 is 98.2 Å². The topological polar surface area (TPSA) is 307 Å². The number of aliphatic hydroxyl groups is 5. The number of hydroxylamine groups is 2. The Hall–Kier alpha value is -1.33. The smallest absolute Gasteiger partial charge is 0.341 e. The largest absolute Gasteiger partial charge is 0.394 e. The lowest BCUT2D eigenvalue weighted by Crippen LogP contribution is -2.69. The monoisotopic (exact) mass is 597 g/mol. The number of aliphatic hydroxyl groups excluding tert-OH is 5. The van der Waals surface area contributed by atoms with E-state index in [0.29, 0.717) is 18.2 Å². The summed E-state index contributed by atoms with van der Waals surface area (Å²) in [4.78, 5) is 12.6. The Morgan fingerprint density at radius 2 is 1.61 bits per heavy atom. The lowest BCUT2D eigenvalue weighted by atomic mass is 9.83. The molecular formula is C23H47N7O11. The van der Waals surface area contributed by atoms with Crippen LogP contribution in [-0.2, 0) is 18.9 Å². The maximum absolute atomic E-state index is 12.6. The first kappa shape index (κ1) is 34.2. The molecule has 0 bridgehead atoms. The zero-order valence-corrected chi connectivity index (χ0v) is 23.0. The maximum Gasteiger partial charge on any atom is 0.341 e. The van der Waals surface area contributed by atoms with E-state index in [0.717, 1.165) is 0 Å². The second-order valence-corrected chi connectivity index (χ2v) is 10.7. The molecule has 3 rings (SSSR count). The van der Waals surface area contributed by atoms with Gasteiger partial charge in [0, 0.05) is 19.1 Å². The summed E-state index contributed by atoms with van der Waals surface area (Å²) in [5.41, 5.74) is 23.9. The van der Waals surface area contributed by atoms with Gasteiger partial charge in [0.15, 0.2) is 12.6 Å². The third-order valence-corrected chi connectivity index (χ3v) is 7.62. The Labute approximate surface area is 237 Å². The van der Waals surface area contributed by atoms with Crippen molar-refractivity contribution >= 4 is 6.03 Å². The van der Waals surface area contributed by atoms with Crippen molar-refractivity contribution in [3.05, 3.63) is 0 Å². The summed E-state index contributed by atoms with van der Waals surface area (Å²) in [7, 11) is 0. The van der Waals surface area contributed by atoms with Gasteiger partial charge in [0.1, 0.15) is 36.6 Å². The van der Waals surface area contributed by atoms with Gasteiger partial charge in [-0.05, 0) is 19.4 Å². The number of carbonyl (C=O) groups is 1. The van der Waals surface area contributed by atoms with Gasteiger partial charge < -0.3 is 78.0 Å². The molecule has 1 unspecified atom stereocenters.